The highest BCUT2D eigenvalue weighted by Gasteiger charge is 2.60. The van der Waals surface area contributed by atoms with E-state index in [9.17, 15) is 34.1 Å². The lowest BCUT2D eigenvalue weighted by Gasteiger charge is -2.28. The molecule has 2 atom stereocenters. The monoisotopic (exact) mass is 728 g/mol. The van der Waals surface area contributed by atoms with Crippen molar-refractivity contribution in [3.05, 3.63) is 74.2 Å². The first-order chi connectivity index (χ1) is 22.5. The normalized spacial score (nSPS) is 17.0. The van der Waals surface area contributed by atoms with Crippen LogP contribution in [0, 0.1) is 34.0 Å². The van der Waals surface area contributed by atoms with E-state index in [0.29, 0.717) is 16.0 Å². The van der Waals surface area contributed by atoms with E-state index >= 15 is 0 Å². The maximum absolute atomic E-state index is 14.1. The minimum absolute atomic E-state index is 0.107. The predicted octanol–water partition coefficient (Wildman–Crippen LogP) is 8.95. The van der Waals surface area contributed by atoms with Gasteiger partial charge in [-0.1, -0.05) is 48.7 Å². The highest BCUT2D eigenvalue weighted by molar-refractivity contribution is 9.09. The summed E-state index contributed by atoms with van der Waals surface area (Å²) in [5.74, 6) is -0.0617. The number of hydrogen-bond acceptors (Lipinski definition) is 8. The molecule has 1 aliphatic rings. The molecule has 0 bridgehead atoms. The number of anilines is 1. The molecule has 0 spiro atoms. The molecule has 3 rings (SSSR count). The summed E-state index contributed by atoms with van der Waals surface area (Å²) in [6, 6.07) is 14.2. The molecule has 1 aliphatic heterocycles. The Morgan fingerprint density at radius 1 is 1.04 bits per heavy atom. The maximum Gasteiger partial charge on any atom is 0.432 e. The van der Waals surface area contributed by atoms with Crippen LogP contribution < -0.4 is 9.64 Å². The van der Waals surface area contributed by atoms with Crippen LogP contribution in [-0.4, -0.2) is 48.0 Å². The van der Waals surface area contributed by atoms with Gasteiger partial charge < -0.3 is 19.5 Å². The molecule has 2 unspecified atom stereocenters. The average molecular weight is 730 g/mol. The second kappa shape index (κ2) is 17.2. The van der Waals surface area contributed by atoms with Crippen LogP contribution in [0.15, 0.2) is 58.9 Å². The molecule has 2 heterocycles. The summed E-state index contributed by atoms with van der Waals surface area (Å²) in [4.78, 5) is 3.76. The zero-order chi connectivity index (χ0) is 34.6. The van der Waals surface area contributed by atoms with Crippen LogP contribution in [0.25, 0.3) is 18.2 Å². The van der Waals surface area contributed by atoms with Crippen molar-refractivity contribution in [2.24, 2.45) is 0 Å². The van der Waals surface area contributed by atoms with E-state index in [2.05, 4.69) is 40.7 Å². The van der Waals surface area contributed by atoms with Gasteiger partial charge in [-0.05, 0) is 62.3 Å². The lowest BCUT2D eigenvalue weighted by Crippen LogP contribution is -2.43. The summed E-state index contributed by atoms with van der Waals surface area (Å²) >= 11 is 4.58. The van der Waals surface area contributed by atoms with Gasteiger partial charge in [0.1, 0.15) is 36.1 Å². The smallest absolute Gasteiger partial charge is 0.432 e. The molecule has 0 fully saturated rings. The highest BCUT2D eigenvalue weighted by atomic mass is 79.9. The number of alkyl halides is 4. The molecule has 1 N–H and O–H groups in total. The van der Waals surface area contributed by atoms with Gasteiger partial charge in [0.15, 0.2) is 11.3 Å². The van der Waals surface area contributed by atoms with E-state index in [-0.39, 0.29) is 6.61 Å². The predicted molar refractivity (Wildman–Crippen MR) is 182 cm³/mol. The fraction of sp³-hybridized carbons (Fsp3) is 0.400. The van der Waals surface area contributed by atoms with Crippen LogP contribution >= 0.6 is 27.3 Å². The van der Waals surface area contributed by atoms with Crippen LogP contribution in [0.2, 0.25) is 0 Å². The maximum atomic E-state index is 14.1. The lowest BCUT2D eigenvalue weighted by atomic mass is 9.92. The summed E-state index contributed by atoms with van der Waals surface area (Å²) in [7, 11) is 0. The Morgan fingerprint density at radius 2 is 1.66 bits per heavy atom. The van der Waals surface area contributed by atoms with Gasteiger partial charge in [-0.2, -0.15) is 29.0 Å². The molecule has 7 nitrogen and oxygen atoms in total. The Bertz CT molecular complexity index is 1640. The third kappa shape index (κ3) is 9.29. The average Bonchev–Trinajstić information content (AvgIpc) is 3.64. The van der Waals surface area contributed by atoms with Crippen LogP contribution in [0.4, 0.5) is 18.9 Å². The number of nitriles is 3. The molecule has 0 aliphatic carbocycles. The Morgan fingerprint density at radius 3 is 2.19 bits per heavy atom. The summed E-state index contributed by atoms with van der Waals surface area (Å²) in [6.45, 7) is 7.05. The number of aliphatic hydroxyl groups excluding tert-OH is 1. The number of hydrogen-bond donors (Lipinski definition) is 1. The third-order valence-corrected chi connectivity index (χ3v) is 9.21. The molecule has 1 aromatic heterocycles. The standard InChI is InChI=1S/C35H36BrF3N4O3S/c1-4-6-16-43(17-7-5-2)26-10-8-24(32(18-26)45-23-27(44)19-36)9-11-28-12-13-29(47-28)14-15-31-30(22-42)33(25(20-40)21-41)46-34(31,3)35(37,38)39/h8-15,18,27,44H,4-7,16-17,19,23H2,1-3H3/b11-9+,15-14+. The first kappa shape index (κ1) is 37.4. The molecule has 2 aromatic rings. The fourth-order valence-corrected chi connectivity index (χ4v) is 5.71. The zero-order valence-corrected chi connectivity index (χ0v) is 28.8. The van der Waals surface area contributed by atoms with Crippen molar-refractivity contribution in [2.75, 3.05) is 29.9 Å². The number of thiophene rings is 1. The van der Waals surface area contributed by atoms with Gasteiger partial charge in [0.05, 0.1) is 6.10 Å². The van der Waals surface area contributed by atoms with Crippen molar-refractivity contribution < 1.29 is 27.8 Å². The summed E-state index contributed by atoms with van der Waals surface area (Å²) in [5.41, 5.74) is -2.80. The van der Waals surface area contributed by atoms with Crippen molar-refractivity contribution in [2.45, 2.75) is 64.3 Å². The fourth-order valence-electron chi connectivity index (χ4n) is 4.70. The van der Waals surface area contributed by atoms with Gasteiger partial charge in [0.25, 0.3) is 0 Å². The topological polar surface area (TPSA) is 113 Å². The quantitative estimate of drug-likeness (QED) is 0.144. The SMILES string of the molecule is CCCCN(CCCC)c1ccc(/C=C/c2ccc(/C=C/C3=C(C#N)C(=C(C#N)C#N)OC3(C)C(F)(F)F)s2)c(OCC(O)CBr)c1. The Labute approximate surface area is 286 Å². The highest BCUT2D eigenvalue weighted by Crippen LogP contribution is 2.49. The number of nitrogens with zero attached hydrogens (tertiary/aromatic N) is 4. The van der Waals surface area contributed by atoms with Gasteiger partial charge in [-0.3, -0.25) is 0 Å². The van der Waals surface area contributed by atoms with Crippen LogP contribution in [0.1, 0.15) is 61.8 Å². The molecule has 0 saturated heterocycles. The number of ether oxygens (including phenoxy) is 2. The van der Waals surface area contributed by atoms with Crippen LogP contribution in [0.5, 0.6) is 5.75 Å². The molecule has 12 heteroatoms. The molecular weight excluding hydrogens is 693 g/mol. The molecule has 47 heavy (non-hydrogen) atoms. The van der Waals surface area contributed by atoms with Crippen LogP contribution in [0.3, 0.4) is 0 Å². The van der Waals surface area contributed by atoms with Gasteiger partial charge in [-0.25, -0.2) is 0 Å². The van der Waals surface area contributed by atoms with Crippen molar-refractivity contribution in [1.29, 1.82) is 15.8 Å². The van der Waals surface area contributed by atoms with E-state index in [1.165, 1.54) is 29.6 Å². The summed E-state index contributed by atoms with van der Waals surface area (Å²) < 4.78 is 53.6. The molecule has 0 radical (unpaired) electrons. The van der Waals surface area contributed by atoms with Crippen molar-refractivity contribution in [3.8, 4) is 24.0 Å². The number of rotatable bonds is 15. The van der Waals surface area contributed by atoms with Crippen LogP contribution in [-0.2, 0) is 4.74 Å². The number of unbranched alkanes of at least 4 members (excludes halogenated alkanes) is 2. The van der Waals surface area contributed by atoms with Crippen molar-refractivity contribution >= 4 is 51.2 Å². The second-order valence-corrected chi connectivity index (χ2v) is 12.7. The summed E-state index contributed by atoms with van der Waals surface area (Å²) in [6.07, 6.45) is 5.00. The van der Waals surface area contributed by atoms with E-state index < -0.39 is 40.4 Å². The first-order valence-electron chi connectivity index (χ1n) is 15.1. The van der Waals surface area contributed by atoms with Gasteiger partial charge in [0.2, 0.25) is 5.60 Å². The molecular formula is C35H36BrF3N4O3S. The number of aliphatic hydroxyl groups is 1. The van der Waals surface area contributed by atoms with Crippen molar-refractivity contribution in [3.63, 3.8) is 0 Å². The molecule has 248 valence electrons. The van der Waals surface area contributed by atoms with E-state index in [1.807, 2.05) is 30.4 Å². The Kier molecular flexibility index (Phi) is 13.7. The Balaban J connectivity index is 1.94. The van der Waals surface area contributed by atoms with Gasteiger partial charge in [0, 0.05) is 51.1 Å². The number of allylic oxidation sites excluding steroid dienone is 2. The van der Waals surface area contributed by atoms with Crippen molar-refractivity contribution in [1.82, 2.24) is 0 Å². The Hall–Kier alpha value is -4.02. The minimum atomic E-state index is -4.93. The van der Waals surface area contributed by atoms with Gasteiger partial charge in [-0.15, -0.1) is 11.3 Å². The molecule has 0 amide bonds. The van der Waals surface area contributed by atoms with E-state index in [1.54, 1.807) is 12.1 Å². The lowest BCUT2D eigenvalue weighted by molar-refractivity contribution is -0.236. The summed E-state index contributed by atoms with van der Waals surface area (Å²) in [5, 5.41) is 38.6. The van der Waals surface area contributed by atoms with E-state index in [4.69, 9.17) is 9.47 Å². The number of benzene rings is 1. The second-order valence-electron chi connectivity index (χ2n) is 10.9. The third-order valence-electron chi connectivity index (χ3n) is 7.44. The molecule has 0 saturated carbocycles. The molecule has 1 aromatic carbocycles. The van der Waals surface area contributed by atoms with E-state index in [0.717, 1.165) is 67.9 Å². The first-order valence-corrected chi connectivity index (χ1v) is 17.1. The number of halogens is 4. The zero-order valence-electron chi connectivity index (χ0n) is 26.4. The largest absolute Gasteiger partial charge is 0.490 e. The van der Waals surface area contributed by atoms with Gasteiger partial charge >= 0.3 is 6.18 Å². The minimum Gasteiger partial charge on any atom is -0.490 e.